The lowest BCUT2D eigenvalue weighted by Crippen LogP contribution is -1.99. The van der Waals surface area contributed by atoms with E-state index in [2.05, 4.69) is 20.6 Å². The molecule has 0 radical (unpaired) electrons. The summed E-state index contributed by atoms with van der Waals surface area (Å²) in [6, 6.07) is 19.9. The molecule has 0 saturated carbocycles. The van der Waals surface area contributed by atoms with Crippen molar-refractivity contribution in [3.63, 3.8) is 0 Å². The molecule has 24 heavy (non-hydrogen) atoms. The van der Waals surface area contributed by atoms with Gasteiger partial charge in [-0.1, -0.05) is 35.5 Å². The second-order valence-electron chi connectivity index (χ2n) is 5.28. The molecule has 0 aliphatic rings. The van der Waals surface area contributed by atoms with Crippen LogP contribution in [0.4, 0.5) is 5.69 Å². The normalized spacial score (nSPS) is 10.7. The molecule has 6 heteroatoms. The maximum Gasteiger partial charge on any atom is 0.156 e. The molecule has 2 aromatic carbocycles. The van der Waals surface area contributed by atoms with Crippen LogP contribution in [0.3, 0.4) is 0 Å². The monoisotopic (exact) mass is 317 g/mol. The summed E-state index contributed by atoms with van der Waals surface area (Å²) < 4.78 is 7.10. The Morgan fingerprint density at radius 2 is 1.83 bits per heavy atom. The molecule has 0 unspecified atom stereocenters. The van der Waals surface area contributed by atoms with Crippen LogP contribution >= 0.6 is 0 Å². The van der Waals surface area contributed by atoms with Crippen LogP contribution in [0.2, 0.25) is 0 Å². The van der Waals surface area contributed by atoms with E-state index in [0.29, 0.717) is 6.54 Å². The van der Waals surface area contributed by atoms with Gasteiger partial charge in [-0.2, -0.15) is 5.10 Å². The first-order valence-electron chi connectivity index (χ1n) is 7.58. The summed E-state index contributed by atoms with van der Waals surface area (Å²) in [5.41, 5.74) is 3.85. The maximum atomic E-state index is 5.39. The zero-order valence-electron chi connectivity index (χ0n) is 12.8. The second kappa shape index (κ2) is 6.37. The summed E-state index contributed by atoms with van der Waals surface area (Å²) in [7, 11) is 0. The molecular formula is C18H15N5O. The van der Waals surface area contributed by atoms with Gasteiger partial charge in [0.15, 0.2) is 5.76 Å². The molecule has 2 heterocycles. The van der Waals surface area contributed by atoms with Gasteiger partial charge in [0, 0.05) is 17.3 Å². The molecule has 118 valence electrons. The number of nitrogens with zero attached hydrogens (tertiary/aromatic N) is 4. The van der Waals surface area contributed by atoms with Crippen molar-refractivity contribution < 1.29 is 4.52 Å². The van der Waals surface area contributed by atoms with E-state index in [-0.39, 0.29) is 0 Å². The van der Waals surface area contributed by atoms with Crippen molar-refractivity contribution in [1.82, 2.24) is 19.9 Å². The highest BCUT2D eigenvalue weighted by atomic mass is 16.5. The van der Waals surface area contributed by atoms with Crippen LogP contribution in [0.5, 0.6) is 0 Å². The Hall–Kier alpha value is -3.41. The lowest BCUT2D eigenvalue weighted by Gasteiger charge is -2.05. The highest BCUT2D eigenvalue weighted by Crippen LogP contribution is 2.19. The van der Waals surface area contributed by atoms with Crippen molar-refractivity contribution in [1.29, 1.82) is 0 Å². The largest absolute Gasteiger partial charge is 0.378 e. The van der Waals surface area contributed by atoms with Gasteiger partial charge in [-0.15, -0.1) is 0 Å². The number of nitrogens with one attached hydrogen (secondary N) is 1. The average Bonchev–Trinajstić information content (AvgIpc) is 3.33. The highest BCUT2D eigenvalue weighted by Gasteiger charge is 2.06. The van der Waals surface area contributed by atoms with Crippen LogP contribution in [-0.2, 0) is 6.54 Å². The minimum absolute atomic E-state index is 0.572. The Kier molecular flexibility index (Phi) is 3.77. The number of aromatic nitrogens is 4. The van der Waals surface area contributed by atoms with Crippen molar-refractivity contribution in [3.05, 3.63) is 79.1 Å². The smallest absolute Gasteiger partial charge is 0.156 e. The van der Waals surface area contributed by atoms with E-state index in [1.165, 1.54) is 6.33 Å². The van der Waals surface area contributed by atoms with Gasteiger partial charge in [-0.25, -0.2) is 9.67 Å². The Balaban J connectivity index is 1.41. The minimum Gasteiger partial charge on any atom is -0.378 e. The first kappa shape index (κ1) is 14.2. The molecule has 0 aliphatic heterocycles. The first-order chi connectivity index (χ1) is 11.9. The lowest BCUT2D eigenvalue weighted by molar-refractivity contribution is 0.390. The molecule has 0 aliphatic carbocycles. The van der Waals surface area contributed by atoms with Crippen molar-refractivity contribution in [2.24, 2.45) is 0 Å². The van der Waals surface area contributed by atoms with E-state index in [1.807, 2.05) is 60.7 Å². The zero-order valence-corrected chi connectivity index (χ0v) is 12.8. The van der Waals surface area contributed by atoms with Gasteiger partial charge in [0.2, 0.25) is 0 Å². The molecule has 4 aromatic rings. The van der Waals surface area contributed by atoms with E-state index in [0.717, 1.165) is 28.4 Å². The van der Waals surface area contributed by atoms with Crippen LogP contribution in [0.1, 0.15) is 5.76 Å². The van der Waals surface area contributed by atoms with Gasteiger partial charge < -0.3 is 9.84 Å². The zero-order chi connectivity index (χ0) is 16.2. The molecule has 1 N–H and O–H groups in total. The van der Waals surface area contributed by atoms with Gasteiger partial charge in [0.1, 0.15) is 18.3 Å². The number of rotatable bonds is 5. The van der Waals surface area contributed by atoms with Crippen LogP contribution < -0.4 is 5.32 Å². The van der Waals surface area contributed by atoms with E-state index < -0.39 is 0 Å². The van der Waals surface area contributed by atoms with Crippen molar-refractivity contribution in [3.8, 4) is 16.9 Å². The van der Waals surface area contributed by atoms with Crippen LogP contribution in [0, 0.1) is 0 Å². The van der Waals surface area contributed by atoms with Gasteiger partial charge in [-0.3, -0.25) is 0 Å². The minimum atomic E-state index is 0.572. The Bertz CT molecular complexity index is 898. The second-order valence-corrected chi connectivity index (χ2v) is 5.28. The standard InChI is InChI=1S/C18H15N5O/c1-2-4-14(5-3-1)18-10-17(24-22-18)11-20-15-6-8-16(9-7-15)23-13-19-12-21-23/h1-10,12-13,20H,11H2. The summed E-state index contributed by atoms with van der Waals surface area (Å²) in [5, 5.41) is 11.5. The van der Waals surface area contributed by atoms with E-state index in [1.54, 1.807) is 11.0 Å². The molecular weight excluding hydrogens is 302 g/mol. The highest BCUT2D eigenvalue weighted by molar-refractivity contribution is 5.58. The summed E-state index contributed by atoms with van der Waals surface area (Å²) >= 11 is 0. The third-order valence-corrected chi connectivity index (χ3v) is 3.65. The van der Waals surface area contributed by atoms with Gasteiger partial charge in [0.25, 0.3) is 0 Å². The predicted octanol–water partition coefficient (Wildman–Crippen LogP) is 3.53. The van der Waals surface area contributed by atoms with Crippen molar-refractivity contribution in [2.75, 3.05) is 5.32 Å². The molecule has 2 aromatic heterocycles. The number of anilines is 1. The Labute approximate surface area is 138 Å². The molecule has 0 spiro atoms. The maximum absolute atomic E-state index is 5.39. The SMILES string of the molecule is c1ccc(-c2cc(CNc3ccc(-n4cncn4)cc3)on2)cc1. The van der Waals surface area contributed by atoms with E-state index in [4.69, 9.17) is 4.52 Å². The molecule has 0 bridgehead atoms. The predicted molar refractivity (Wildman–Crippen MR) is 90.6 cm³/mol. The van der Waals surface area contributed by atoms with Gasteiger partial charge >= 0.3 is 0 Å². The van der Waals surface area contributed by atoms with Crippen molar-refractivity contribution in [2.45, 2.75) is 6.54 Å². The molecule has 0 saturated heterocycles. The Morgan fingerprint density at radius 3 is 2.58 bits per heavy atom. The molecule has 4 rings (SSSR count). The van der Waals surface area contributed by atoms with Gasteiger partial charge in [-0.05, 0) is 24.3 Å². The third-order valence-electron chi connectivity index (χ3n) is 3.65. The van der Waals surface area contributed by atoms with Crippen LogP contribution in [0.15, 0.2) is 77.8 Å². The molecule has 0 amide bonds. The number of hydrogen-bond acceptors (Lipinski definition) is 5. The quantitative estimate of drug-likeness (QED) is 0.610. The van der Waals surface area contributed by atoms with E-state index in [9.17, 15) is 0 Å². The third kappa shape index (κ3) is 3.03. The Morgan fingerprint density at radius 1 is 1.00 bits per heavy atom. The van der Waals surface area contributed by atoms with Gasteiger partial charge in [0.05, 0.1) is 12.2 Å². The molecule has 0 fully saturated rings. The number of hydrogen-bond donors (Lipinski definition) is 1. The summed E-state index contributed by atoms with van der Waals surface area (Å²) in [6.45, 7) is 0.572. The fourth-order valence-corrected chi connectivity index (χ4v) is 2.40. The number of benzene rings is 2. The van der Waals surface area contributed by atoms with E-state index >= 15 is 0 Å². The molecule has 0 atom stereocenters. The fourth-order valence-electron chi connectivity index (χ4n) is 2.40. The van der Waals surface area contributed by atoms with Crippen LogP contribution in [-0.4, -0.2) is 19.9 Å². The van der Waals surface area contributed by atoms with Crippen molar-refractivity contribution >= 4 is 5.69 Å². The average molecular weight is 317 g/mol. The lowest BCUT2D eigenvalue weighted by atomic mass is 10.1. The first-order valence-corrected chi connectivity index (χ1v) is 7.58. The summed E-state index contributed by atoms with van der Waals surface area (Å²) in [5.74, 6) is 0.786. The van der Waals surface area contributed by atoms with Crippen LogP contribution in [0.25, 0.3) is 16.9 Å². The topological polar surface area (TPSA) is 68.8 Å². The fraction of sp³-hybridized carbons (Fsp3) is 0.0556. The summed E-state index contributed by atoms with van der Waals surface area (Å²) in [4.78, 5) is 3.94. The molecule has 6 nitrogen and oxygen atoms in total. The summed E-state index contributed by atoms with van der Waals surface area (Å²) in [6.07, 6.45) is 3.18.